The summed E-state index contributed by atoms with van der Waals surface area (Å²) in [5.41, 5.74) is 0. The summed E-state index contributed by atoms with van der Waals surface area (Å²) in [5, 5.41) is 0. The first-order valence-corrected chi connectivity index (χ1v) is 4.13. The third-order valence-corrected chi connectivity index (χ3v) is 1.05. The first-order valence-electron chi connectivity index (χ1n) is 2.62. The van der Waals surface area contributed by atoms with Crippen molar-refractivity contribution in [3.8, 4) is 0 Å². The van der Waals surface area contributed by atoms with Crippen LogP contribution in [0.15, 0.2) is 0 Å². The maximum Gasteiger partial charge on any atom is 0.367 e. The Morgan fingerprint density at radius 1 is 0.833 bits per heavy atom. The Kier molecular flexibility index (Phi) is 5.37. The van der Waals surface area contributed by atoms with Gasteiger partial charge in [0.2, 0.25) is 0 Å². The molecule has 0 radical (unpaired) electrons. The summed E-state index contributed by atoms with van der Waals surface area (Å²) < 4.78 is 26.7. The van der Waals surface area contributed by atoms with E-state index in [9.17, 15) is 8.78 Å². The molecule has 0 fully saturated rings. The lowest BCUT2D eigenvalue weighted by molar-refractivity contribution is -0.0758. The van der Waals surface area contributed by atoms with Crippen molar-refractivity contribution in [2.75, 3.05) is 13.2 Å². The molecule has 12 heavy (non-hydrogen) atoms. The van der Waals surface area contributed by atoms with E-state index in [1.54, 1.807) is 0 Å². The summed E-state index contributed by atoms with van der Waals surface area (Å²) in [5.74, 6) is 0. The van der Waals surface area contributed by atoms with Crippen LogP contribution in [-0.4, -0.2) is 22.8 Å². The average Bonchev–Trinajstić information content (AvgIpc) is 1.76. The SMILES string of the molecule is FC(Cl)(Cl)OCCOC(F)(Cl)Cl. The van der Waals surface area contributed by atoms with Crippen LogP contribution in [0.4, 0.5) is 8.78 Å². The Labute approximate surface area is 87.6 Å². The molecule has 0 aliphatic rings. The molecule has 0 saturated carbocycles. The van der Waals surface area contributed by atoms with Crippen molar-refractivity contribution in [1.82, 2.24) is 0 Å². The molecule has 0 aliphatic heterocycles. The second-order valence-electron chi connectivity index (χ2n) is 1.59. The molecule has 0 unspecified atom stereocenters. The highest BCUT2D eigenvalue weighted by Crippen LogP contribution is 2.25. The topological polar surface area (TPSA) is 18.5 Å². The van der Waals surface area contributed by atoms with Gasteiger partial charge < -0.3 is 9.47 Å². The smallest absolute Gasteiger partial charge is 0.319 e. The minimum atomic E-state index is -2.82. The predicted octanol–water partition coefficient (Wildman–Crippen LogP) is 3.14. The molecule has 0 spiro atoms. The molecule has 0 aliphatic carbocycles. The Morgan fingerprint density at radius 3 is 1.25 bits per heavy atom. The molecule has 0 amide bonds. The van der Waals surface area contributed by atoms with Crippen LogP contribution in [0.5, 0.6) is 0 Å². The summed E-state index contributed by atoms with van der Waals surface area (Å²) in [7, 11) is 0. The molecule has 0 aromatic carbocycles. The Hall–Kier alpha value is 0.940. The average molecular weight is 264 g/mol. The fourth-order valence-corrected chi connectivity index (χ4v) is 0.623. The van der Waals surface area contributed by atoms with Crippen LogP contribution in [0.25, 0.3) is 0 Å². The summed E-state index contributed by atoms with van der Waals surface area (Å²) in [6, 6.07) is 0. The summed E-state index contributed by atoms with van der Waals surface area (Å²) in [4.78, 5) is 0. The van der Waals surface area contributed by atoms with Crippen molar-refractivity contribution >= 4 is 46.4 Å². The molecule has 2 nitrogen and oxygen atoms in total. The fraction of sp³-hybridized carbons (Fsp3) is 1.00. The third kappa shape index (κ3) is 10.9. The number of halogens is 6. The molecule has 0 rings (SSSR count). The molecule has 0 bridgehead atoms. The van der Waals surface area contributed by atoms with Gasteiger partial charge in [0.05, 0.1) is 13.2 Å². The van der Waals surface area contributed by atoms with Crippen molar-refractivity contribution < 1.29 is 18.3 Å². The van der Waals surface area contributed by atoms with E-state index in [0.717, 1.165) is 0 Å². The van der Waals surface area contributed by atoms with Gasteiger partial charge in [0.15, 0.2) is 0 Å². The van der Waals surface area contributed by atoms with E-state index in [4.69, 9.17) is 46.4 Å². The molecule has 0 aromatic rings. The minimum Gasteiger partial charge on any atom is -0.319 e. The highest BCUT2D eigenvalue weighted by atomic mass is 35.5. The second kappa shape index (κ2) is 4.98. The number of ether oxygens (including phenoxy) is 2. The number of alkyl halides is 6. The molecular formula is C4H4Cl4F2O2. The Bertz CT molecular complexity index is 116. The standard InChI is InChI=1S/C4H4Cl4F2O2/c5-3(6,9)11-1-2-12-4(7,8)10/h1-2H2. The van der Waals surface area contributed by atoms with E-state index in [1.807, 2.05) is 0 Å². The zero-order valence-corrected chi connectivity index (χ0v) is 8.52. The molecule has 0 heterocycles. The highest BCUT2D eigenvalue weighted by molar-refractivity contribution is 6.46. The first kappa shape index (κ1) is 12.9. The molecule has 0 atom stereocenters. The van der Waals surface area contributed by atoms with Gasteiger partial charge in [-0.1, -0.05) is 0 Å². The quantitative estimate of drug-likeness (QED) is 0.561. The molecule has 0 aromatic heterocycles. The predicted molar refractivity (Wildman–Crippen MR) is 43.0 cm³/mol. The van der Waals surface area contributed by atoms with E-state index in [-0.39, 0.29) is 13.2 Å². The van der Waals surface area contributed by atoms with E-state index in [2.05, 4.69) is 9.47 Å². The van der Waals surface area contributed by atoms with Gasteiger partial charge in [-0.3, -0.25) is 0 Å². The van der Waals surface area contributed by atoms with Gasteiger partial charge in [0, 0.05) is 0 Å². The van der Waals surface area contributed by atoms with Gasteiger partial charge in [0.1, 0.15) is 0 Å². The maximum atomic E-state index is 12.1. The van der Waals surface area contributed by atoms with Crippen LogP contribution in [0.3, 0.4) is 0 Å². The van der Waals surface area contributed by atoms with Gasteiger partial charge >= 0.3 is 9.55 Å². The molecule has 0 saturated heterocycles. The lowest BCUT2D eigenvalue weighted by Gasteiger charge is -2.13. The first-order chi connectivity index (χ1) is 5.21. The van der Waals surface area contributed by atoms with Crippen molar-refractivity contribution in [2.45, 2.75) is 9.55 Å². The molecular weight excluding hydrogens is 260 g/mol. The maximum absolute atomic E-state index is 12.1. The number of hydrogen-bond acceptors (Lipinski definition) is 2. The van der Waals surface area contributed by atoms with Crippen LogP contribution in [-0.2, 0) is 9.47 Å². The van der Waals surface area contributed by atoms with E-state index in [1.165, 1.54) is 0 Å². The van der Waals surface area contributed by atoms with Crippen molar-refractivity contribution in [3.05, 3.63) is 0 Å². The minimum absolute atomic E-state index is 0.380. The second-order valence-corrected chi connectivity index (χ2v) is 3.92. The van der Waals surface area contributed by atoms with Gasteiger partial charge in [0.25, 0.3) is 0 Å². The van der Waals surface area contributed by atoms with E-state index >= 15 is 0 Å². The van der Waals surface area contributed by atoms with Gasteiger partial charge in [-0.15, -0.1) is 0 Å². The van der Waals surface area contributed by atoms with Gasteiger partial charge in [-0.2, -0.15) is 8.78 Å². The normalized spacial score (nSPS) is 13.5. The van der Waals surface area contributed by atoms with Crippen molar-refractivity contribution in [3.63, 3.8) is 0 Å². The van der Waals surface area contributed by atoms with Crippen LogP contribution in [0.1, 0.15) is 0 Å². The zero-order valence-electron chi connectivity index (χ0n) is 5.50. The van der Waals surface area contributed by atoms with Gasteiger partial charge in [-0.05, 0) is 46.4 Å². The lowest BCUT2D eigenvalue weighted by Crippen LogP contribution is -2.19. The summed E-state index contributed by atoms with van der Waals surface area (Å²) >= 11 is 19.0. The largest absolute Gasteiger partial charge is 0.367 e. The van der Waals surface area contributed by atoms with E-state index < -0.39 is 9.55 Å². The molecule has 74 valence electrons. The van der Waals surface area contributed by atoms with Crippen LogP contribution in [0.2, 0.25) is 0 Å². The fourth-order valence-electron chi connectivity index (χ4n) is 0.315. The monoisotopic (exact) mass is 262 g/mol. The van der Waals surface area contributed by atoms with Crippen molar-refractivity contribution in [1.29, 1.82) is 0 Å². The van der Waals surface area contributed by atoms with Crippen LogP contribution >= 0.6 is 46.4 Å². The zero-order chi connectivity index (χ0) is 9.83. The van der Waals surface area contributed by atoms with Crippen LogP contribution in [0, 0.1) is 0 Å². The summed E-state index contributed by atoms with van der Waals surface area (Å²) in [6.45, 7) is -0.761. The number of hydrogen-bond donors (Lipinski definition) is 0. The van der Waals surface area contributed by atoms with E-state index in [0.29, 0.717) is 0 Å². The van der Waals surface area contributed by atoms with Gasteiger partial charge in [-0.25, -0.2) is 0 Å². The van der Waals surface area contributed by atoms with Crippen LogP contribution < -0.4 is 0 Å². The molecule has 0 N–H and O–H groups in total. The Morgan fingerprint density at radius 2 is 1.08 bits per heavy atom. The van der Waals surface area contributed by atoms with Crippen molar-refractivity contribution in [2.24, 2.45) is 0 Å². The molecule has 8 heteroatoms. The summed E-state index contributed by atoms with van der Waals surface area (Å²) in [6.07, 6.45) is 0. The lowest BCUT2D eigenvalue weighted by atomic mass is 10.8. The highest BCUT2D eigenvalue weighted by Gasteiger charge is 2.25. The Balaban J connectivity index is 3.35. The third-order valence-electron chi connectivity index (χ3n) is 0.615. The number of rotatable bonds is 5.